The van der Waals surface area contributed by atoms with E-state index in [1.807, 2.05) is 31.2 Å². The van der Waals surface area contributed by atoms with E-state index in [9.17, 15) is 9.59 Å². The van der Waals surface area contributed by atoms with Crippen LogP contribution in [0.1, 0.15) is 22.8 Å². The number of anilines is 1. The highest BCUT2D eigenvalue weighted by Crippen LogP contribution is 2.16. The third-order valence-electron chi connectivity index (χ3n) is 3.45. The van der Waals surface area contributed by atoms with Gasteiger partial charge in [-0.25, -0.2) is 0 Å². The Kier molecular flexibility index (Phi) is 5.58. The van der Waals surface area contributed by atoms with Crippen molar-refractivity contribution >= 4 is 17.5 Å². The zero-order valence-electron chi connectivity index (χ0n) is 14.4. The summed E-state index contributed by atoms with van der Waals surface area (Å²) in [4.78, 5) is 25.8. The van der Waals surface area contributed by atoms with Gasteiger partial charge in [-0.05, 0) is 49.7 Å². The normalized spacial score (nSPS) is 11.5. The van der Waals surface area contributed by atoms with E-state index in [1.165, 1.54) is 4.90 Å². The molecule has 2 amide bonds. The third-order valence-corrected chi connectivity index (χ3v) is 3.45. The summed E-state index contributed by atoms with van der Waals surface area (Å²) < 4.78 is 5.66. The predicted molar refractivity (Wildman–Crippen MR) is 94.4 cm³/mol. The molecule has 0 radical (unpaired) electrons. The number of benzene rings is 2. The van der Waals surface area contributed by atoms with Crippen LogP contribution in [0.15, 0.2) is 48.5 Å². The Morgan fingerprint density at radius 2 is 1.79 bits per heavy atom. The molecule has 0 fully saturated rings. The molecule has 2 rings (SSSR count). The van der Waals surface area contributed by atoms with Crippen molar-refractivity contribution in [3.8, 4) is 5.75 Å². The topological polar surface area (TPSA) is 58.6 Å². The van der Waals surface area contributed by atoms with Crippen molar-refractivity contribution in [2.24, 2.45) is 0 Å². The summed E-state index contributed by atoms with van der Waals surface area (Å²) in [5.41, 5.74) is 2.15. The van der Waals surface area contributed by atoms with Crippen LogP contribution in [0.2, 0.25) is 0 Å². The number of carbonyl (C=O) groups is 2. The zero-order chi connectivity index (χ0) is 17.7. The lowest BCUT2D eigenvalue weighted by molar-refractivity contribution is -0.122. The highest BCUT2D eigenvalue weighted by atomic mass is 16.5. The molecule has 0 aliphatic heterocycles. The summed E-state index contributed by atoms with van der Waals surface area (Å²) in [7, 11) is 3.37. The number of carbonyl (C=O) groups excluding carboxylic acids is 2. The molecule has 0 aliphatic carbocycles. The summed E-state index contributed by atoms with van der Waals surface area (Å²) in [5.74, 6) is 0.260. The highest BCUT2D eigenvalue weighted by molar-refractivity contribution is 5.98. The van der Waals surface area contributed by atoms with Crippen LogP contribution in [0.25, 0.3) is 0 Å². The molecule has 126 valence electrons. The average Bonchev–Trinajstić information content (AvgIpc) is 2.54. The van der Waals surface area contributed by atoms with Crippen molar-refractivity contribution in [1.29, 1.82) is 0 Å². The molecular weight excluding hydrogens is 304 g/mol. The number of nitrogens with one attached hydrogen (secondary N) is 1. The molecule has 0 saturated carbocycles. The van der Waals surface area contributed by atoms with Crippen LogP contribution in [-0.4, -0.2) is 36.9 Å². The molecule has 5 heteroatoms. The molecule has 2 aromatic rings. The first kappa shape index (κ1) is 17.5. The minimum absolute atomic E-state index is 0.116. The fourth-order valence-electron chi connectivity index (χ4n) is 2.18. The fraction of sp³-hybridized carbons (Fsp3) is 0.263. The van der Waals surface area contributed by atoms with Gasteiger partial charge in [-0.15, -0.1) is 0 Å². The second kappa shape index (κ2) is 7.64. The molecule has 24 heavy (non-hydrogen) atoms. The summed E-state index contributed by atoms with van der Waals surface area (Å²) in [6.07, 6.45) is -0.653. The van der Waals surface area contributed by atoms with E-state index >= 15 is 0 Å². The number of aryl methyl sites for hydroxylation is 1. The van der Waals surface area contributed by atoms with E-state index in [0.717, 1.165) is 5.56 Å². The second-order valence-corrected chi connectivity index (χ2v) is 5.85. The summed E-state index contributed by atoms with van der Waals surface area (Å²) in [6, 6.07) is 14.4. The monoisotopic (exact) mass is 326 g/mol. The zero-order valence-corrected chi connectivity index (χ0v) is 14.4. The molecule has 0 saturated heterocycles. The van der Waals surface area contributed by atoms with E-state index in [0.29, 0.717) is 17.0 Å². The minimum atomic E-state index is -0.653. The number of hydrogen-bond acceptors (Lipinski definition) is 3. The first-order chi connectivity index (χ1) is 11.4. The molecule has 1 atom stereocenters. The first-order valence-corrected chi connectivity index (χ1v) is 7.72. The standard InChI is InChI=1S/C19H22N2O3/c1-13-7-5-10-17(11-13)24-14(2)18(22)20-16-9-6-8-15(12-16)19(23)21(3)4/h5-12,14H,1-4H3,(H,20,22). The van der Waals surface area contributed by atoms with Crippen molar-refractivity contribution in [2.75, 3.05) is 19.4 Å². The van der Waals surface area contributed by atoms with Crippen molar-refractivity contribution in [2.45, 2.75) is 20.0 Å². The Labute approximate surface area is 142 Å². The lowest BCUT2D eigenvalue weighted by Crippen LogP contribution is -2.30. The van der Waals surface area contributed by atoms with Gasteiger partial charge in [0.2, 0.25) is 0 Å². The molecule has 0 heterocycles. The quantitative estimate of drug-likeness (QED) is 0.918. The van der Waals surface area contributed by atoms with Gasteiger partial charge < -0.3 is 15.0 Å². The van der Waals surface area contributed by atoms with Crippen molar-refractivity contribution < 1.29 is 14.3 Å². The summed E-state index contributed by atoms with van der Waals surface area (Å²) >= 11 is 0. The minimum Gasteiger partial charge on any atom is -0.481 e. The lowest BCUT2D eigenvalue weighted by atomic mass is 10.1. The molecular formula is C19H22N2O3. The maximum atomic E-state index is 12.3. The molecule has 0 spiro atoms. The summed E-state index contributed by atoms with van der Waals surface area (Å²) in [6.45, 7) is 3.65. The highest BCUT2D eigenvalue weighted by Gasteiger charge is 2.16. The fourth-order valence-corrected chi connectivity index (χ4v) is 2.18. The Bertz CT molecular complexity index is 741. The molecule has 5 nitrogen and oxygen atoms in total. The second-order valence-electron chi connectivity index (χ2n) is 5.85. The Morgan fingerprint density at radius 1 is 1.08 bits per heavy atom. The van der Waals surface area contributed by atoms with Gasteiger partial charge in [-0.2, -0.15) is 0 Å². The van der Waals surface area contributed by atoms with Crippen molar-refractivity contribution in [3.05, 3.63) is 59.7 Å². The van der Waals surface area contributed by atoms with E-state index < -0.39 is 6.10 Å². The van der Waals surface area contributed by atoms with E-state index in [-0.39, 0.29) is 11.8 Å². The Hall–Kier alpha value is -2.82. The van der Waals surface area contributed by atoms with Crippen LogP contribution in [0.4, 0.5) is 5.69 Å². The van der Waals surface area contributed by atoms with Crippen LogP contribution < -0.4 is 10.1 Å². The van der Waals surface area contributed by atoms with Gasteiger partial charge in [0, 0.05) is 25.3 Å². The van der Waals surface area contributed by atoms with E-state index in [2.05, 4.69) is 5.32 Å². The van der Waals surface area contributed by atoms with E-state index in [4.69, 9.17) is 4.74 Å². The maximum absolute atomic E-state index is 12.3. The number of ether oxygens (including phenoxy) is 1. The molecule has 1 N–H and O–H groups in total. The van der Waals surface area contributed by atoms with Crippen molar-refractivity contribution in [3.63, 3.8) is 0 Å². The maximum Gasteiger partial charge on any atom is 0.265 e. The van der Waals surface area contributed by atoms with Gasteiger partial charge in [0.15, 0.2) is 6.10 Å². The SMILES string of the molecule is Cc1cccc(OC(C)C(=O)Nc2cccc(C(=O)N(C)C)c2)c1. The van der Waals surface area contributed by atoms with Crippen LogP contribution in [0, 0.1) is 6.92 Å². The van der Waals surface area contributed by atoms with Crippen LogP contribution in [0.5, 0.6) is 5.75 Å². The van der Waals surface area contributed by atoms with Crippen LogP contribution >= 0.6 is 0 Å². The third kappa shape index (κ3) is 4.59. The average molecular weight is 326 g/mol. The smallest absolute Gasteiger partial charge is 0.265 e. The number of amides is 2. The molecule has 0 aromatic heterocycles. The van der Waals surface area contributed by atoms with Gasteiger partial charge in [0.05, 0.1) is 0 Å². The number of hydrogen-bond donors (Lipinski definition) is 1. The van der Waals surface area contributed by atoms with Gasteiger partial charge >= 0.3 is 0 Å². The molecule has 0 aliphatic rings. The molecule has 0 bridgehead atoms. The lowest BCUT2D eigenvalue weighted by Gasteiger charge is -2.16. The van der Waals surface area contributed by atoms with Crippen LogP contribution in [0.3, 0.4) is 0 Å². The van der Waals surface area contributed by atoms with Crippen LogP contribution in [-0.2, 0) is 4.79 Å². The Balaban J connectivity index is 2.03. The Morgan fingerprint density at radius 3 is 2.46 bits per heavy atom. The first-order valence-electron chi connectivity index (χ1n) is 7.72. The molecule has 1 unspecified atom stereocenters. The van der Waals surface area contributed by atoms with Gasteiger partial charge in [0.1, 0.15) is 5.75 Å². The van der Waals surface area contributed by atoms with Crippen molar-refractivity contribution in [1.82, 2.24) is 4.90 Å². The van der Waals surface area contributed by atoms with Gasteiger partial charge in [0.25, 0.3) is 11.8 Å². The van der Waals surface area contributed by atoms with Gasteiger partial charge in [-0.1, -0.05) is 18.2 Å². The van der Waals surface area contributed by atoms with Gasteiger partial charge in [-0.3, -0.25) is 9.59 Å². The molecule has 2 aromatic carbocycles. The number of nitrogens with zero attached hydrogens (tertiary/aromatic N) is 1. The summed E-state index contributed by atoms with van der Waals surface area (Å²) in [5, 5.41) is 2.78. The predicted octanol–water partition coefficient (Wildman–Crippen LogP) is 3.10. The largest absolute Gasteiger partial charge is 0.481 e. The van der Waals surface area contributed by atoms with E-state index in [1.54, 1.807) is 45.3 Å². The number of rotatable bonds is 5.